The summed E-state index contributed by atoms with van der Waals surface area (Å²) in [4.78, 5) is 20.4. The van der Waals surface area contributed by atoms with Crippen molar-refractivity contribution in [2.75, 3.05) is 53.4 Å². The van der Waals surface area contributed by atoms with Crippen LogP contribution in [0.25, 0.3) is 0 Å². The molecule has 0 radical (unpaired) electrons. The van der Waals surface area contributed by atoms with Crippen LogP contribution >= 0.6 is 24.0 Å². The molecule has 0 atom stereocenters. The Balaban J connectivity index is 0.00000420. The molecule has 1 heterocycles. The number of piperidine rings is 1. The Labute approximate surface area is 192 Å². The molecule has 2 rings (SSSR count). The summed E-state index contributed by atoms with van der Waals surface area (Å²) in [7, 11) is 3.44. The van der Waals surface area contributed by atoms with Gasteiger partial charge in [-0.3, -0.25) is 4.79 Å². The average molecular weight is 517 g/mol. The number of benzene rings is 1. The van der Waals surface area contributed by atoms with Crippen LogP contribution in [0, 0.1) is 0 Å². The summed E-state index contributed by atoms with van der Waals surface area (Å²) >= 11 is 0. The molecule has 1 aliphatic rings. The van der Waals surface area contributed by atoms with E-state index in [1.807, 2.05) is 24.3 Å². The second-order valence-corrected chi connectivity index (χ2v) is 7.25. The SMILES string of the molecule is CCNC(=NCc1cccc(OCC(=O)N(C)C)c1)NCCN1CCCCC1.I. The number of ether oxygens (including phenoxy) is 1. The largest absolute Gasteiger partial charge is 0.484 e. The summed E-state index contributed by atoms with van der Waals surface area (Å²) in [5, 5.41) is 6.72. The third-order valence-electron chi connectivity index (χ3n) is 4.69. The van der Waals surface area contributed by atoms with E-state index >= 15 is 0 Å². The third kappa shape index (κ3) is 10.2. The van der Waals surface area contributed by atoms with Gasteiger partial charge in [0.1, 0.15) is 5.75 Å². The van der Waals surface area contributed by atoms with Crippen LogP contribution in [0.15, 0.2) is 29.3 Å². The van der Waals surface area contributed by atoms with Gasteiger partial charge in [0, 0.05) is 33.7 Å². The molecule has 1 aliphatic heterocycles. The van der Waals surface area contributed by atoms with Crippen molar-refractivity contribution in [1.29, 1.82) is 0 Å². The number of hydrogen-bond acceptors (Lipinski definition) is 4. The fourth-order valence-electron chi connectivity index (χ4n) is 3.04. The molecule has 2 N–H and O–H groups in total. The van der Waals surface area contributed by atoms with E-state index in [1.54, 1.807) is 14.1 Å². The molecule has 0 aliphatic carbocycles. The molecule has 0 bridgehead atoms. The van der Waals surface area contributed by atoms with Gasteiger partial charge in [0.05, 0.1) is 6.54 Å². The zero-order valence-electron chi connectivity index (χ0n) is 17.9. The Kier molecular flexibility index (Phi) is 12.7. The molecule has 1 aromatic carbocycles. The first kappa shape index (κ1) is 25.5. The van der Waals surface area contributed by atoms with E-state index in [-0.39, 0.29) is 36.5 Å². The fraction of sp³-hybridized carbons (Fsp3) is 0.619. The fourth-order valence-corrected chi connectivity index (χ4v) is 3.04. The van der Waals surface area contributed by atoms with Gasteiger partial charge in [-0.2, -0.15) is 0 Å². The summed E-state index contributed by atoms with van der Waals surface area (Å²) in [6.07, 6.45) is 3.99. The predicted octanol–water partition coefficient (Wildman–Crippen LogP) is 2.31. The van der Waals surface area contributed by atoms with Crippen molar-refractivity contribution in [3.8, 4) is 5.75 Å². The monoisotopic (exact) mass is 517 g/mol. The highest BCUT2D eigenvalue weighted by Crippen LogP contribution is 2.14. The van der Waals surface area contributed by atoms with E-state index in [0.717, 1.165) is 31.2 Å². The molecule has 1 fully saturated rings. The minimum Gasteiger partial charge on any atom is -0.484 e. The van der Waals surface area contributed by atoms with Crippen molar-refractivity contribution in [2.45, 2.75) is 32.7 Å². The average Bonchev–Trinajstić information content (AvgIpc) is 2.71. The van der Waals surface area contributed by atoms with Crippen LogP contribution in [0.1, 0.15) is 31.7 Å². The smallest absolute Gasteiger partial charge is 0.259 e. The Morgan fingerprint density at radius 3 is 2.66 bits per heavy atom. The molecular formula is C21H36IN5O2. The second kappa shape index (κ2) is 14.4. The molecule has 8 heteroatoms. The van der Waals surface area contributed by atoms with Crippen LogP contribution in [0.3, 0.4) is 0 Å². The summed E-state index contributed by atoms with van der Waals surface area (Å²) in [5.74, 6) is 1.45. The second-order valence-electron chi connectivity index (χ2n) is 7.25. The molecular weight excluding hydrogens is 481 g/mol. The highest BCUT2D eigenvalue weighted by Gasteiger charge is 2.09. The van der Waals surface area contributed by atoms with Crippen LogP contribution in [-0.2, 0) is 11.3 Å². The lowest BCUT2D eigenvalue weighted by molar-refractivity contribution is -0.130. The summed E-state index contributed by atoms with van der Waals surface area (Å²) < 4.78 is 5.58. The number of halogens is 1. The van der Waals surface area contributed by atoms with Gasteiger partial charge in [-0.25, -0.2) is 4.99 Å². The Bertz CT molecular complexity index is 633. The molecule has 1 saturated heterocycles. The maximum absolute atomic E-state index is 11.7. The van der Waals surface area contributed by atoms with E-state index in [2.05, 4.69) is 27.4 Å². The normalized spacial score (nSPS) is 14.7. The maximum atomic E-state index is 11.7. The number of hydrogen-bond donors (Lipinski definition) is 2. The quantitative estimate of drug-likeness (QED) is 0.299. The summed E-state index contributed by atoms with van der Waals surface area (Å²) in [6.45, 7) is 7.84. The number of carbonyl (C=O) groups excluding carboxylic acids is 1. The number of nitrogens with zero attached hydrogens (tertiary/aromatic N) is 3. The number of likely N-dealkylation sites (N-methyl/N-ethyl adjacent to an activating group) is 1. The minimum atomic E-state index is -0.0595. The third-order valence-corrected chi connectivity index (χ3v) is 4.69. The number of likely N-dealkylation sites (tertiary alicyclic amines) is 1. The zero-order chi connectivity index (χ0) is 20.2. The first-order chi connectivity index (χ1) is 13.6. The van der Waals surface area contributed by atoms with Gasteiger partial charge in [0.25, 0.3) is 5.91 Å². The molecule has 29 heavy (non-hydrogen) atoms. The van der Waals surface area contributed by atoms with Crippen molar-refractivity contribution in [1.82, 2.24) is 20.4 Å². The van der Waals surface area contributed by atoms with Crippen molar-refractivity contribution < 1.29 is 9.53 Å². The van der Waals surface area contributed by atoms with E-state index in [4.69, 9.17) is 4.74 Å². The van der Waals surface area contributed by atoms with Gasteiger partial charge in [0.2, 0.25) is 0 Å². The van der Waals surface area contributed by atoms with Gasteiger partial charge in [-0.1, -0.05) is 18.6 Å². The van der Waals surface area contributed by atoms with Gasteiger partial charge >= 0.3 is 0 Å². The number of amides is 1. The Morgan fingerprint density at radius 1 is 1.21 bits per heavy atom. The van der Waals surface area contributed by atoms with Crippen molar-refractivity contribution in [2.24, 2.45) is 4.99 Å². The van der Waals surface area contributed by atoms with E-state index in [1.165, 1.54) is 37.3 Å². The highest BCUT2D eigenvalue weighted by atomic mass is 127. The number of rotatable bonds is 9. The zero-order valence-corrected chi connectivity index (χ0v) is 20.3. The first-order valence-electron chi connectivity index (χ1n) is 10.2. The van der Waals surface area contributed by atoms with Gasteiger partial charge in [-0.05, 0) is 50.6 Å². The Morgan fingerprint density at radius 2 is 1.97 bits per heavy atom. The highest BCUT2D eigenvalue weighted by molar-refractivity contribution is 14.0. The number of aliphatic imine (C=N–C) groups is 1. The number of guanidine groups is 1. The number of carbonyl (C=O) groups is 1. The molecule has 1 aromatic rings. The molecule has 164 valence electrons. The molecule has 0 aromatic heterocycles. The molecule has 7 nitrogen and oxygen atoms in total. The summed E-state index contributed by atoms with van der Waals surface area (Å²) in [6, 6.07) is 7.74. The molecule has 0 unspecified atom stereocenters. The molecule has 1 amide bonds. The molecule has 0 spiro atoms. The predicted molar refractivity (Wildman–Crippen MR) is 129 cm³/mol. The van der Waals surface area contributed by atoms with Crippen LogP contribution in [0.4, 0.5) is 0 Å². The Hall–Kier alpha value is -1.55. The van der Waals surface area contributed by atoms with Crippen LogP contribution in [0.2, 0.25) is 0 Å². The lowest BCUT2D eigenvalue weighted by Crippen LogP contribution is -2.42. The maximum Gasteiger partial charge on any atom is 0.259 e. The van der Waals surface area contributed by atoms with E-state index in [9.17, 15) is 4.79 Å². The summed E-state index contributed by atoms with van der Waals surface area (Å²) in [5.41, 5.74) is 1.04. The van der Waals surface area contributed by atoms with Crippen LogP contribution in [-0.4, -0.2) is 75.1 Å². The lowest BCUT2D eigenvalue weighted by Gasteiger charge is -2.26. The molecule has 0 saturated carbocycles. The van der Waals surface area contributed by atoms with Gasteiger partial charge in [-0.15, -0.1) is 24.0 Å². The van der Waals surface area contributed by atoms with Crippen molar-refractivity contribution >= 4 is 35.8 Å². The van der Waals surface area contributed by atoms with Crippen LogP contribution < -0.4 is 15.4 Å². The topological polar surface area (TPSA) is 69.2 Å². The van der Waals surface area contributed by atoms with Crippen molar-refractivity contribution in [3.05, 3.63) is 29.8 Å². The van der Waals surface area contributed by atoms with Gasteiger partial charge in [0.15, 0.2) is 12.6 Å². The minimum absolute atomic E-state index is 0. The standard InChI is InChI=1S/C21H35N5O2.HI/c1-4-22-21(23-11-14-26-12-6-5-7-13-26)24-16-18-9-8-10-19(15-18)28-17-20(27)25(2)3;/h8-10,15H,4-7,11-14,16-17H2,1-3H3,(H2,22,23,24);1H. The lowest BCUT2D eigenvalue weighted by atomic mass is 10.1. The number of nitrogens with one attached hydrogen (secondary N) is 2. The van der Waals surface area contributed by atoms with Crippen LogP contribution in [0.5, 0.6) is 5.75 Å². The first-order valence-corrected chi connectivity index (χ1v) is 10.2. The van der Waals surface area contributed by atoms with Crippen molar-refractivity contribution in [3.63, 3.8) is 0 Å². The van der Waals surface area contributed by atoms with E-state index < -0.39 is 0 Å². The van der Waals surface area contributed by atoms with E-state index in [0.29, 0.717) is 12.3 Å². The van der Waals surface area contributed by atoms with Gasteiger partial charge < -0.3 is 25.2 Å².